The second-order valence-corrected chi connectivity index (χ2v) is 5.47. The molecule has 21 heavy (non-hydrogen) atoms. The number of hydrogen-bond donors (Lipinski definition) is 2. The van der Waals surface area contributed by atoms with Crippen LogP contribution in [0.1, 0.15) is 19.4 Å². The van der Waals surface area contributed by atoms with Crippen molar-refractivity contribution >= 4 is 17.6 Å². The average Bonchev–Trinajstić information content (AvgIpc) is 2.38. The highest BCUT2D eigenvalue weighted by molar-refractivity contribution is 5.94. The molecule has 6 heteroatoms. The lowest BCUT2D eigenvalue weighted by molar-refractivity contribution is -0.148. The van der Waals surface area contributed by atoms with Crippen LogP contribution in [0.3, 0.4) is 0 Å². The lowest BCUT2D eigenvalue weighted by Gasteiger charge is -2.30. The summed E-state index contributed by atoms with van der Waals surface area (Å²) >= 11 is 0. The van der Waals surface area contributed by atoms with Gasteiger partial charge in [-0.2, -0.15) is 0 Å². The fourth-order valence-electron chi connectivity index (χ4n) is 1.69. The van der Waals surface area contributed by atoms with Crippen molar-refractivity contribution < 1.29 is 19.4 Å². The molecule has 0 spiro atoms. The summed E-state index contributed by atoms with van der Waals surface area (Å²) in [6, 6.07) is 5.46. The van der Waals surface area contributed by atoms with Crippen LogP contribution in [0.5, 0.6) is 5.75 Å². The molecule has 0 saturated heterocycles. The van der Waals surface area contributed by atoms with Crippen LogP contribution in [0.15, 0.2) is 18.2 Å². The van der Waals surface area contributed by atoms with E-state index in [-0.39, 0.29) is 12.5 Å². The summed E-state index contributed by atoms with van der Waals surface area (Å²) in [5, 5.41) is 11.9. The van der Waals surface area contributed by atoms with Gasteiger partial charge in [0.15, 0.2) is 0 Å². The fourth-order valence-corrected chi connectivity index (χ4v) is 1.69. The van der Waals surface area contributed by atoms with Crippen LogP contribution in [-0.2, 0) is 9.59 Å². The van der Waals surface area contributed by atoms with Crippen LogP contribution in [-0.4, -0.2) is 48.1 Å². The quantitative estimate of drug-likeness (QED) is 0.835. The van der Waals surface area contributed by atoms with Crippen molar-refractivity contribution in [1.82, 2.24) is 4.90 Å². The summed E-state index contributed by atoms with van der Waals surface area (Å²) in [6.45, 7) is 4.98. The van der Waals surface area contributed by atoms with E-state index in [1.807, 2.05) is 13.0 Å². The molecule has 0 aliphatic heterocycles. The third kappa shape index (κ3) is 4.19. The van der Waals surface area contributed by atoms with Crippen molar-refractivity contribution in [1.29, 1.82) is 0 Å². The molecule has 116 valence electrons. The second-order valence-electron chi connectivity index (χ2n) is 5.47. The molecular formula is C15H22N2O4. The number of nitrogens with one attached hydrogen (secondary N) is 1. The number of hydrogen-bond acceptors (Lipinski definition) is 4. The monoisotopic (exact) mass is 294 g/mol. The average molecular weight is 294 g/mol. The maximum absolute atomic E-state index is 12.1. The Kier molecular flexibility index (Phi) is 5.32. The predicted octanol–water partition coefficient (Wildman–Crippen LogP) is 1.74. The first-order chi connectivity index (χ1) is 9.68. The lowest BCUT2D eigenvalue weighted by atomic mass is 10.0. The highest BCUT2D eigenvalue weighted by atomic mass is 16.5. The van der Waals surface area contributed by atoms with Crippen LogP contribution in [0.25, 0.3) is 0 Å². The molecule has 1 aromatic rings. The maximum atomic E-state index is 12.1. The van der Waals surface area contributed by atoms with E-state index in [9.17, 15) is 9.59 Å². The third-order valence-electron chi connectivity index (χ3n) is 3.49. The largest absolute Gasteiger partial charge is 0.495 e. The molecule has 0 heterocycles. The zero-order valence-electron chi connectivity index (χ0n) is 13.1. The zero-order valence-corrected chi connectivity index (χ0v) is 13.1. The lowest BCUT2D eigenvalue weighted by Crippen LogP contribution is -2.50. The van der Waals surface area contributed by atoms with E-state index in [4.69, 9.17) is 9.84 Å². The minimum Gasteiger partial charge on any atom is -0.495 e. The van der Waals surface area contributed by atoms with Gasteiger partial charge in [0, 0.05) is 0 Å². The molecule has 0 atom stereocenters. The Bertz CT molecular complexity index is 540. The summed E-state index contributed by atoms with van der Waals surface area (Å²) in [5.41, 5.74) is 0.447. The van der Waals surface area contributed by atoms with E-state index >= 15 is 0 Å². The second kappa shape index (κ2) is 6.58. The number of carboxylic acids is 1. The summed E-state index contributed by atoms with van der Waals surface area (Å²) in [5.74, 6) is -0.712. The first-order valence-electron chi connectivity index (χ1n) is 6.57. The zero-order chi connectivity index (χ0) is 16.2. The van der Waals surface area contributed by atoms with Gasteiger partial charge in [0.1, 0.15) is 11.3 Å². The number of carbonyl (C=O) groups excluding carboxylic acids is 1. The molecule has 0 aromatic heterocycles. The summed E-state index contributed by atoms with van der Waals surface area (Å²) in [4.78, 5) is 24.7. The molecule has 0 saturated carbocycles. The highest BCUT2D eigenvalue weighted by Gasteiger charge is 2.33. The molecule has 1 rings (SSSR count). The van der Waals surface area contributed by atoms with Crippen molar-refractivity contribution in [2.45, 2.75) is 26.3 Å². The van der Waals surface area contributed by atoms with Crippen molar-refractivity contribution in [3.8, 4) is 5.75 Å². The summed E-state index contributed by atoms with van der Waals surface area (Å²) in [7, 11) is 3.13. The van der Waals surface area contributed by atoms with E-state index in [2.05, 4.69) is 5.32 Å². The van der Waals surface area contributed by atoms with Crippen molar-refractivity contribution in [3.05, 3.63) is 23.8 Å². The first kappa shape index (κ1) is 17.0. The van der Waals surface area contributed by atoms with Crippen LogP contribution < -0.4 is 10.1 Å². The number of likely N-dealkylation sites (N-methyl/N-ethyl adjacent to an activating group) is 1. The van der Waals surface area contributed by atoms with Gasteiger partial charge in [-0.1, -0.05) is 6.07 Å². The standard InChI is InChI=1S/C15H22N2O4/c1-10-6-7-12(21-5)11(8-10)16-13(18)9-17(4)15(2,3)14(19)20/h6-8H,9H2,1-5H3,(H,16,18)(H,19,20). The van der Waals surface area contributed by atoms with E-state index < -0.39 is 11.5 Å². The van der Waals surface area contributed by atoms with Gasteiger partial charge in [0.25, 0.3) is 0 Å². The molecule has 2 N–H and O–H groups in total. The van der Waals surface area contributed by atoms with Crippen molar-refractivity contribution in [2.75, 3.05) is 26.0 Å². The molecule has 0 bridgehead atoms. The highest BCUT2D eigenvalue weighted by Crippen LogP contribution is 2.25. The van der Waals surface area contributed by atoms with Gasteiger partial charge in [0.2, 0.25) is 5.91 Å². The van der Waals surface area contributed by atoms with Gasteiger partial charge in [-0.3, -0.25) is 14.5 Å². The van der Waals surface area contributed by atoms with Gasteiger partial charge >= 0.3 is 5.97 Å². The number of methoxy groups -OCH3 is 1. The number of anilines is 1. The van der Waals surface area contributed by atoms with E-state index in [0.717, 1.165) is 5.56 Å². The van der Waals surface area contributed by atoms with Crippen molar-refractivity contribution in [3.63, 3.8) is 0 Å². The molecule has 6 nitrogen and oxygen atoms in total. The minimum atomic E-state index is -1.12. The van der Waals surface area contributed by atoms with Crippen LogP contribution in [0.2, 0.25) is 0 Å². The smallest absolute Gasteiger partial charge is 0.323 e. The van der Waals surface area contributed by atoms with Crippen LogP contribution in [0, 0.1) is 6.92 Å². The SMILES string of the molecule is COc1ccc(C)cc1NC(=O)CN(C)C(C)(C)C(=O)O. The Labute approximate surface area is 124 Å². The molecule has 0 fully saturated rings. The van der Waals surface area contributed by atoms with Gasteiger partial charge in [-0.25, -0.2) is 0 Å². The Hall–Kier alpha value is -2.08. The number of benzene rings is 1. The van der Waals surface area contributed by atoms with E-state index in [1.54, 1.807) is 33.0 Å². The van der Waals surface area contributed by atoms with Crippen LogP contribution in [0.4, 0.5) is 5.69 Å². The molecule has 0 aliphatic carbocycles. The number of ether oxygens (including phenoxy) is 1. The predicted molar refractivity (Wildman–Crippen MR) is 80.7 cm³/mol. The summed E-state index contributed by atoms with van der Waals surface area (Å²) in [6.07, 6.45) is 0. The molecule has 0 aliphatic rings. The molecule has 0 unspecified atom stereocenters. The molecule has 0 radical (unpaired) electrons. The normalized spacial score (nSPS) is 11.3. The van der Waals surface area contributed by atoms with Gasteiger partial charge in [0.05, 0.1) is 19.3 Å². The number of aliphatic carboxylic acids is 1. The van der Waals surface area contributed by atoms with Crippen molar-refractivity contribution in [2.24, 2.45) is 0 Å². The number of rotatable bonds is 6. The number of carbonyl (C=O) groups is 2. The Morgan fingerprint density at radius 2 is 2.00 bits per heavy atom. The number of carboxylic acid groups (broad SMARTS) is 1. The number of aryl methyl sites for hydroxylation is 1. The fraction of sp³-hybridized carbons (Fsp3) is 0.467. The number of nitrogens with zero attached hydrogens (tertiary/aromatic N) is 1. The molecule has 1 aromatic carbocycles. The molecule has 1 amide bonds. The first-order valence-corrected chi connectivity index (χ1v) is 6.57. The Balaban J connectivity index is 2.79. The number of amides is 1. The Morgan fingerprint density at radius 3 is 2.52 bits per heavy atom. The van der Waals surface area contributed by atoms with Gasteiger partial charge in [-0.05, 0) is 45.5 Å². The minimum absolute atomic E-state index is 0.0314. The summed E-state index contributed by atoms with van der Waals surface area (Å²) < 4.78 is 5.19. The molecular weight excluding hydrogens is 272 g/mol. The third-order valence-corrected chi connectivity index (χ3v) is 3.49. The van der Waals surface area contributed by atoms with Gasteiger partial charge in [-0.15, -0.1) is 0 Å². The van der Waals surface area contributed by atoms with Gasteiger partial charge < -0.3 is 15.2 Å². The van der Waals surface area contributed by atoms with Crippen LogP contribution >= 0.6 is 0 Å². The topological polar surface area (TPSA) is 78.9 Å². The van der Waals surface area contributed by atoms with E-state index in [0.29, 0.717) is 11.4 Å². The van der Waals surface area contributed by atoms with E-state index in [1.165, 1.54) is 12.0 Å². The Morgan fingerprint density at radius 1 is 1.38 bits per heavy atom. The maximum Gasteiger partial charge on any atom is 0.323 e.